The lowest BCUT2D eigenvalue weighted by molar-refractivity contribution is -0.142. The van der Waals surface area contributed by atoms with Crippen LogP contribution in [0.2, 0.25) is 0 Å². The van der Waals surface area contributed by atoms with E-state index in [4.69, 9.17) is 0 Å². The Labute approximate surface area is 194 Å². The molecule has 33 heavy (non-hydrogen) atoms. The minimum absolute atomic E-state index is 0.0910. The summed E-state index contributed by atoms with van der Waals surface area (Å²) in [5.74, 6) is 0.609. The molecule has 0 radical (unpaired) electrons. The second-order valence-electron chi connectivity index (χ2n) is 6.94. The number of halogens is 3. The van der Waals surface area contributed by atoms with Crippen LogP contribution in [0.3, 0.4) is 0 Å². The largest absolute Gasteiger partial charge is 0.465 e. The number of carbonyl (C=O) groups is 1. The van der Waals surface area contributed by atoms with Crippen molar-refractivity contribution in [2.45, 2.75) is 24.0 Å². The summed E-state index contributed by atoms with van der Waals surface area (Å²) < 4.78 is 47.2. The molecule has 1 aromatic carbocycles. The first-order valence-corrected chi connectivity index (χ1v) is 11.3. The molecule has 3 heterocycles. The number of thiazole rings is 1. The highest BCUT2D eigenvalue weighted by Crippen LogP contribution is 2.33. The fourth-order valence-electron chi connectivity index (χ4n) is 2.98. The van der Waals surface area contributed by atoms with Gasteiger partial charge in [0.25, 0.3) is 0 Å². The number of aromatic nitrogens is 6. The Morgan fingerprint density at radius 3 is 2.61 bits per heavy atom. The number of carbonyl (C=O) groups excluding carboxylic acids is 1. The molecule has 0 aliphatic heterocycles. The second kappa shape index (κ2) is 8.98. The van der Waals surface area contributed by atoms with E-state index in [1.54, 1.807) is 29.1 Å². The summed E-state index contributed by atoms with van der Waals surface area (Å²) >= 11 is 2.47. The molecule has 0 fully saturated rings. The van der Waals surface area contributed by atoms with Crippen molar-refractivity contribution in [1.82, 2.24) is 29.5 Å². The van der Waals surface area contributed by atoms with E-state index in [1.165, 1.54) is 25.8 Å². The van der Waals surface area contributed by atoms with Crippen molar-refractivity contribution in [1.29, 1.82) is 0 Å². The van der Waals surface area contributed by atoms with Crippen molar-refractivity contribution in [3.05, 3.63) is 58.2 Å². The average molecular weight is 495 g/mol. The van der Waals surface area contributed by atoms with Gasteiger partial charge in [-0.25, -0.2) is 14.5 Å². The molecule has 0 saturated heterocycles. The van der Waals surface area contributed by atoms with Crippen molar-refractivity contribution in [2.24, 2.45) is 7.05 Å². The van der Waals surface area contributed by atoms with Gasteiger partial charge < -0.3 is 9.30 Å². The molecule has 3 aromatic heterocycles. The van der Waals surface area contributed by atoms with Crippen LogP contribution in [0.25, 0.3) is 16.6 Å². The molecule has 0 N–H and O–H groups in total. The minimum atomic E-state index is -4.54. The SMILES string of the molecule is COC(=O)c1ccc(CSc2nnc(-c3csc(-n4nc(C)cc4C(F)(F)F)n3)n2C)cc1. The van der Waals surface area contributed by atoms with E-state index in [0.717, 1.165) is 27.6 Å². The Hall–Kier alpha value is -3.19. The first kappa shape index (κ1) is 23.0. The number of thioether (sulfide) groups is 1. The summed E-state index contributed by atoms with van der Waals surface area (Å²) in [6, 6.07) is 8.01. The molecule has 8 nitrogen and oxygen atoms in total. The zero-order chi connectivity index (χ0) is 23.8. The highest BCUT2D eigenvalue weighted by molar-refractivity contribution is 7.98. The summed E-state index contributed by atoms with van der Waals surface area (Å²) in [5.41, 5.74) is 1.21. The van der Waals surface area contributed by atoms with Crippen LogP contribution in [0, 0.1) is 6.92 Å². The standard InChI is InChI=1S/C20H17F3N6O2S2/c1-11-8-15(20(21,22)23)29(27-11)18-24-14(10-33-18)16-25-26-19(28(16)2)32-9-12-4-6-13(7-5-12)17(30)31-3/h4-8,10H,9H2,1-3H3. The van der Waals surface area contributed by atoms with Gasteiger partial charge in [-0.2, -0.15) is 18.3 Å². The molecular weight excluding hydrogens is 477 g/mol. The van der Waals surface area contributed by atoms with Gasteiger partial charge in [0.05, 0.1) is 18.4 Å². The maximum absolute atomic E-state index is 13.3. The third-order valence-electron chi connectivity index (χ3n) is 4.60. The summed E-state index contributed by atoms with van der Waals surface area (Å²) in [6.07, 6.45) is -4.54. The zero-order valence-corrected chi connectivity index (χ0v) is 19.3. The third-order valence-corrected chi connectivity index (χ3v) is 6.51. The van der Waals surface area contributed by atoms with E-state index in [9.17, 15) is 18.0 Å². The molecule has 0 saturated carbocycles. The Bertz CT molecular complexity index is 1290. The van der Waals surface area contributed by atoms with Gasteiger partial charge in [0.1, 0.15) is 5.69 Å². The van der Waals surface area contributed by atoms with Crippen molar-refractivity contribution in [2.75, 3.05) is 7.11 Å². The number of nitrogens with zero attached hydrogens (tertiary/aromatic N) is 6. The molecule has 0 aliphatic rings. The highest BCUT2D eigenvalue weighted by Gasteiger charge is 2.36. The topological polar surface area (TPSA) is 87.7 Å². The maximum atomic E-state index is 13.3. The van der Waals surface area contributed by atoms with Gasteiger partial charge >= 0.3 is 12.1 Å². The molecule has 0 aliphatic carbocycles. The molecule has 172 valence electrons. The highest BCUT2D eigenvalue weighted by atomic mass is 32.2. The van der Waals surface area contributed by atoms with Gasteiger partial charge in [-0.05, 0) is 30.7 Å². The number of alkyl halides is 3. The summed E-state index contributed by atoms with van der Waals surface area (Å²) in [7, 11) is 3.09. The van der Waals surface area contributed by atoms with Crippen LogP contribution in [-0.4, -0.2) is 42.6 Å². The van der Waals surface area contributed by atoms with Crippen LogP contribution in [-0.2, 0) is 23.7 Å². The Kier molecular flexibility index (Phi) is 6.26. The molecule has 0 spiro atoms. The monoisotopic (exact) mass is 494 g/mol. The van der Waals surface area contributed by atoms with Crippen molar-refractivity contribution in [3.63, 3.8) is 0 Å². The summed E-state index contributed by atoms with van der Waals surface area (Å²) in [6.45, 7) is 1.50. The normalized spacial score (nSPS) is 11.7. The fourth-order valence-corrected chi connectivity index (χ4v) is 4.61. The van der Waals surface area contributed by atoms with Gasteiger partial charge in [0, 0.05) is 18.2 Å². The van der Waals surface area contributed by atoms with E-state index < -0.39 is 17.8 Å². The van der Waals surface area contributed by atoms with Crippen molar-refractivity contribution >= 4 is 29.1 Å². The van der Waals surface area contributed by atoms with Crippen molar-refractivity contribution in [3.8, 4) is 16.6 Å². The molecule has 13 heteroatoms. The maximum Gasteiger partial charge on any atom is 0.433 e. The summed E-state index contributed by atoms with van der Waals surface area (Å²) in [4.78, 5) is 15.8. The van der Waals surface area contributed by atoms with Crippen LogP contribution < -0.4 is 0 Å². The zero-order valence-electron chi connectivity index (χ0n) is 17.6. The number of hydrogen-bond acceptors (Lipinski definition) is 8. The lowest BCUT2D eigenvalue weighted by atomic mass is 10.1. The number of benzene rings is 1. The molecule has 4 rings (SSSR count). The van der Waals surface area contributed by atoms with E-state index >= 15 is 0 Å². The van der Waals surface area contributed by atoms with E-state index in [2.05, 4.69) is 25.0 Å². The van der Waals surface area contributed by atoms with Gasteiger partial charge in [-0.15, -0.1) is 21.5 Å². The Morgan fingerprint density at radius 2 is 1.94 bits per heavy atom. The number of methoxy groups -OCH3 is 1. The average Bonchev–Trinajstić information content (AvgIpc) is 3.50. The Balaban J connectivity index is 1.51. The number of hydrogen-bond donors (Lipinski definition) is 0. The molecule has 0 unspecified atom stereocenters. The third kappa shape index (κ3) is 4.78. The van der Waals surface area contributed by atoms with Gasteiger partial charge in [-0.1, -0.05) is 23.9 Å². The van der Waals surface area contributed by atoms with E-state index in [-0.39, 0.29) is 10.8 Å². The smallest absolute Gasteiger partial charge is 0.433 e. The van der Waals surface area contributed by atoms with Gasteiger partial charge in [0.15, 0.2) is 16.7 Å². The predicted molar refractivity (Wildman–Crippen MR) is 116 cm³/mol. The number of ether oxygens (including phenoxy) is 1. The quantitative estimate of drug-likeness (QED) is 0.287. The number of esters is 1. The minimum Gasteiger partial charge on any atom is -0.465 e. The lowest BCUT2D eigenvalue weighted by Crippen LogP contribution is -2.13. The molecule has 0 bridgehead atoms. The molecule has 0 amide bonds. The second-order valence-corrected chi connectivity index (χ2v) is 8.72. The first-order valence-electron chi connectivity index (χ1n) is 9.47. The number of rotatable bonds is 6. The van der Waals surface area contributed by atoms with Crippen LogP contribution in [0.5, 0.6) is 0 Å². The van der Waals surface area contributed by atoms with Gasteiger partial charge in [0.2, 0.25) is 5.13 Å². The summed E-state index contributed by atoms with van der Waals surface area (Å²) in [5, 5.41) is 14.6. The van der Waals surface area contributed by atoms with Crippen LogP contribution in [0.1, 0.15) is 27.3 Å². The predicted octanol–water partition coefficient (Wildman–Crippen LogP) is 4.53. The molecule has 0 atom stereocenters. The lowest BCUT2D eigenvalue weighted by Gasteiger charge is -2.07. The van der Waals surface area contributed by atoms with Crippen molar-refractivity contribution < 1.29 is 22.7 Å². The van der Waals surface area contributed by atoms with Gasteiger partial charge in [-0.3, -0.25) is 0 Å². The molecular formula is C20H17F3N6O2S2. The van der Waals surface area contributed by atoms with E-state index in [0.29, 0.717) is 28.0 Å². The molecule has 4 aromatic rings. The van der Waals surface area contributed by atoms with Crippen LogP contribution in [0.4, 0.5) is 13.2 Å². The van der Waals surface area contributed by atoms with Crippen LogP contribution >= 0.6 is 23.1 Å². The fraction of sp³-hybridized carbons (Fsp3) is 0.250. The van der Waals surface area contributed by atoms with E-state index in [1.807, 2.05) is 12.1 Å². The first-order chi connectivity index (χ1) is 15.7. The van der Waals surface area contributed by atoms with Crippen LogP contribution in [0.15, 0.2) is 40.9 Å². The Morgan fingerprint density at radius 1 is 1.21 bits per heavy atom. The number of aryl methyl sites for hydroxylation is 1.